The van der Waals surface area contributed by atoms with Crippen molar-refractivity contribution in [2.24, 2.45) is 0 Å². The number of imidazole rings is 1. The summed E-state index contributed by atoms with van der Waals surface area (Å²) in [6, 6.07) is 13.1. The van der Waals surface area contributed by atoms with Gasteiger partial charge >= 0.3 is 0 Å². The van der Waals surface area contributed by atoms with E-state index < -0.39 is 0 Å². The van der Waals surface area contributed by atoms with Gasteiger partial charge in [0.25, 0.3) is 5.91 Å². The van der Waals surface area contributed by atoms with E-state index in [0.29, 0.717) is 11.3 Å². The topological polar surface area (TPSA) is 56.1 Å². The molecule has 2 aromatic carbocycles. The molecule has 0 spiro atoms. The summed E-state index contributed by atoms with van der Waals surface area (Å²) in [4.78, 5) is 16.7. The molecule has 0 saturated heterocycles. The van der Waals surface area contributed by atoms with E-state index in [1.54, 1.807) is 31.5 Å². The summed E-state index contributed by atoms with van der Waals surface area (Å²) in [5.74, 6) is 1.42. The smallest absolute Gasteiger partial charge is 0.256 e. The second kappa shape index (κ2) is 7.53. The molecule has 0 fully saturated rings. The third-order valence-corrected chi connectivity index (χ3v) is 4.60. The second-order valence-corrected chi connectivity index (χ2v) is 6.45. The zero-order chi connectivity index (χ0) is 17.8. The normalized spacial score (nSPS) is 10.5. The molecule has 0 atom stereocenters. The van der Waals surface area contributed by atoms with Gasteiger partial charge in [0.15, 0.2) is 0 Å². The SMILES string of the molecule is COc1ccc(Br)c(C(=O)Nc2ccc(Cn3ccnc3C)cc2)c1. The van der Waals surface area contributed by atoms with E-state index in [1.165, 1.54) is 0 Å². The highest BCUT2D eigenvalue weighted by Crippen LogP contribution is 2.23. The van der Waals surface area contributed by atoms with Gasteiger partial charge in [-0.25, -0.2) is 4.98 Å². The third kappa shape index (κ3) is 4.09. The molecule has 5 nitrogen and oxygen atoms in total. The molecule has 0 unspecified atom stereocenters. The van der Waals surface area contributed by atoms with Crippen LogP contribution in [0.25, 0.3) is 0 Å². The molecule has 0 aliphatic heterocycles. The summed E-state index contributed by atoms with van der Waals surface area (Å²) >= 11 is 3.40. The molecule has 6 heteroatoms. The number of ether oxygens (including phenoxy) is 1. The van der Waals surface area contributed by atoms with Crippen molar-refractivity contribution in [3.05, 3.63) is 76.3 Å². The molecule has 0 bridgehead atoms. The number of hydrogen-bond donors (Lipinski definition) is 1. The number of hydrogen-bond acceptors (Lipinski definition) is 3. The van der Waals surface area contributed by atoms with Crippen LogP contribution in [0.4, 0.5) is 5.69 Å². The minimum Gasteiger partial charge on any atom is -0.497 e. The molecule has 128 valence electrons. The van der Waals surface area contributed by atoms with E-state index in [4.69, 9.17) is 4.74 Å². The van der Waals surface area contributed by atoms with Gasteiger partial charge in [0, 0.05) is 29.1 Å². The van der Waals surface area contributed by atoms with Crippen molar-refractivity contribution in [3.8, 4) is 5.75 Å². The Hall–Kier alpha value is -2.60. The summed E-state index contributed by atoms with van der Waals surface area (Å²) in [7, 11) is 1.58. The number of benzene rings is 2. The average Bonchev–Trinajstić information content (AvgIpc) is 3.02. The van der Waals surface area contributed by atoms with E-state index in [1.807, 2.05) is 37.4 Å². The van der Waals surface area contributed by atoms with Crippen molar-refractivity contribution < 1.29 is 9.53 Å². The van der Waals surface area contributed by atoms with Crippen LogP contribution < -0.4 is 10.1 Å². The highest BCUT2D eigenvalue weighted by atomic mass is 79.9. The Kier molecular flexibility index (Phi) is 5.19. The van der Waals surface area contributed by atoms with Crippen LogP contribution in [0.5, 0.6) is 5.75 Å². The molecule has 3 aromatic rings. The van der Waals surface area contributed by atoms with Crippen LogP contribution in [0.1, 0.15) is 21.7 Å². The maximum Gasteiger partial charge on any atom is 0.256 e. The van der Waals surface area contributed by atoms with Crippen LogP contribution >= 0.6 is 15.9 Å². The lowest BCUT2D eigenvalue weighted by atomic mass is 10.1. The number of nitrogens with zero attached hydrogens (tertiary/aromatic N) is 2. The Bertz CT molecular complexity index is 888. The van der Waals surface area contributed by atoms with Crippen molar-refractivity contribution in [2.75, 3.05) is 12.4 Å². The lowest BCUT2D eigenvalue weighted by Gasteiger charge is -2.10. The lowest BCUT2D eigenvalue weighted by molar-refractivity contribution is 0.102. The van der Waals surface area contributed by atoms with E-state index >= 15 is 0 Å². The van der Waals surface area contributed by atoms with Crippen LogP contribution in [0.15, 0.2) is 59.3 Å². The van der Waals surface area contributed by atoms with Gasteiger partial charge in [0.05, 0.1) is 12.7 Å². The fourth-order valence-electron chi connectivity index (χ4n) is 2.46. The molecular weight excluding hydrogens is 382 g/mol. The summed E-state index contributed by atoms with van der Waals surface area (Å²) < 4.78 is 7.97. The van der Waals surface area contributed by atoms with Gasteiger partial charge in [-0.3, -0.25) is 4.79 Å². The van der Waals surface area contributed by atoms with Crippen LogP contribution in [-0.2, 0) is 6.54 Å². The maximum atomic E-state index is 12.5. The molecule has 1 N–H and O–H groups in total. The number of carbonyl (C=O) groups excluding carboxylic acids is 1. The average molecular weight is 400 g/mol. The number of aromatic nitrogens is 2. The molecule has 3 rings (SSSR count). The fraction of sp³-hybridized carbons (Fsp3) is 0.158. The number of amides is 1. The zero-order valence-corrected chi connectivity index (χ0v) is 15.6. The molecular formula is C19H18BrN3O2. The Balaban J connectivity index is 1.71. The molecule has 0 aliphatic carbocycles. The molecule has 25 heavy (non-hydrogen) atoms. The largest absolute Gasteiger partial charge is 0.497 e. The standard InChI is InChI=1S/C19H18BrN3O2/c1-13-21-9-10-23(13)12-14-3-5-15(6-4-14)22-19(24)17-11-16(25-2)7-8-18(17)20/h3-11H,12H2,1-2H3,(H,22,24). The Morgan fingerprint density at radius 2 is 2.00 bits per heavy atom. The summed E-state index contributed by atoms with van der Waals surface area (Å²) in [5, 5.41) is 2.90. The first kappa shape index (κ1) is 17.2. The Labute approximate surface area is 154 Å². The minimum atomic E-state index is -0.191. The van der Waals surface area contributed by atoms with Gasteiger partial charge in [-0.05, 0) is 58.7 Å². The maximum absolute atomic E-state index is 12.5. The highest BCUT2D eigenvalue weighted by Gasteiger charge is 2.12. The van der Waals surface area contributed by atoms with E-state index in [-0.39, 0.29) is 5.91 Å². The number of rotatable bonds is 5. The molecule has 0 aliphatic rings. The Morgan fingerprint density at radius 1 is 1.24 bits per heavy atom. The monoisotopic (exact) mass is 399 g/mol. The number of methoxy groups -OCH3 is 1. The van der Waals surface area contributed by atoms with Crippen molar-refractivity contribution >= 4 is 27.5 Å². The quantitative estimate of drug-likeness (QED) is 0.696. The number of halogens is 1. The van der Waals surface area contributed by atoms with Crippen molar-refractivity contribution in [2.45, 2.75) is 13.5 Å². The molecule has 1 aromatic heterocycles. The summed E-state index contributed by atoms with van der Waals surface area (Å²) in [6.07, 6.45) is 3.74. The van der Waals surface area contributed by atoms with Gasteiger partial charge in [-0.2, -0.15) is 0 Å². The van der Waals surface area contributed by atoms with E-state index in [9.17, 15) is 4.79 Å². The van der Waals surface area contributed by atoms with Crippen molar-refractivity contribution in [1.82, 2.24) is 9.55 Å². The first-order valence-electron chi connectivity index (χ1n) is 7.78. The Morgan fingerprint density at radius 3 is 2.64 bits per heavy atom. The number of aryl methyl sites for hydroxylation is 1. The van der Waals surface area contributed by atoms with E-state index in [0.717, 1.165) is 28.1 Å². The van der Waals surface area contributed by atoms with Crippen LogP contribution in [-0.4, -0.2) is 22.6 Å². The van der Waals surface area contributed by atoms with Gasteiger partial charge in [0.1, 0.15) is 11.6 Å². The van der Waals surface area contributed by atoms with Crippen molar-refractivity contribution in [3.63, 3.8) is 0 Å². The van der Waals surface area contributed by atoms with Crippen LogP contribution in [0.2, 0.25) is 0 Å². The lowest BCUT2D eigenvalue weighted by Crippen LogP contribution is -2.12. The predicted molar refractivity (Wildman–Crippen MR) is 101 cm³/mol. The third-order valence-electron chi connectivity index (χ3n) is 3.91. The second-order valence-electron chi connectivity index (χ2n) is 5.60. The molecule has 0 saturated carbocycles. The predicted octanol–water partition coefficient (Wildman–Crippen LogP) is 4.26. The first-order valence-corrected chi connectivity index (χ1v) is 8.57. The van der Waals surface area contributed by atoms with Gasteiger partial charge in [-0.15, -0.1) is 0 Å². The summed E-state index contributed by atoms with van der Waals surface area (Å²) in [6.45, 7) is 2.72. The number of anilines is 1. The highest BCUT2D eigenvalue weighted by molar-refractivity contribution is 9.10. The fourth-order valence-corrected chi connectivity index (χ4v) is 2.89. The van der Waals surface area contributed by atoms with Crippen LogP contribution in [0, 0.1) is 6.92 Å². The van der Waals surface area contributed by atoms with Gasteiger partial charge < -0.3 is 14.6 Å². The van der Waals surface area contributed by atoms with E-state index in [2.05, 4.69) is 30.8 Å². The number of carbonyl (C=O) groups is 1. The van der Waals surface area contributed by atoms with Crippen LogP contribution in [0.3, 0.4) is 0 Å². The van der Waals surface area contributed by atoms with Crippen molar-refractivity contribution in [1.29, 1.82) is 0 Å². The van der Waals surface area contributed by atoms with Gasteiger partial charge in [-0.1, -0.05) is 12.1 Å². The molecule has 1 heterocycles. The minimum absolute atomic E-state index is 0.191. The molecule has 0 radical (unpaired) electrons. The zero-order valence-electron chi connectivity index (χ0n) is 14.0. The summed E-state index contributed by atoms with van der Waals surface area (Å²) in [5.41, 5.74) is 2.41. The van der Waals surface area contributed by atoms with Gasteiger partial charge in [0.2, 0.25) is 0 Å². The molecule has 1 amide bonds. The number of nitrogens with one attached hydrogen (secondary N) is 1. The first-order chi connectivity index (χ1) is 12.1.